The maximum Gasteiger partial charge on any atom is 0.115 e. The summed E-state index contributed by atoms with van der Waals surface area (Å²) in [5, 5.41) is 11.1. The van der Waals surface area contributed by atoms with Gasteiger partial charge in [-0.05, 0) is 69.4 Å². The van der Waals surface area contributed by atoms with Crippen molar-refractivity contribution in [1.29, 1.82) is 0 Å². The van der Waals surface area contributed by atoms with E-state index in [1.165, 1.54) is 7.11 Å². The zero-order valence-corrected chi connectivity index (χ0v) is 15.8. The number of allylic oxidation sites excluding steroid dienone is 3. The largest absolute Gasteiger partial charge is 0.491 e. The third kappa shape index (κ3) is 8.92. The molecule has 0 radical (unpaired) electrons. The highest BCUT2D eigenvalue weighted by molar-refractivity contribution is 5.78. The van der Waals surface area contributed by atoms with Crippen molar-refractivity contribution < 1.29 is 9.57 Å². The molecule has 0 bridgehead atoms. The van der Waals surface area contributed by atoms with E-state index in [1.54, 1.807) is 18.6 Å². The molecule has 1 aromatic heterocycles. The molecule has 0 fully saturated rings. The van der Waals surface area contributed by atoms with E-state index in [1.807, 2.05) is 44.2 Å². The highest BCUT2D eigenvalue weighted by atomic mass is 16.6. The van der Waals surface area contributed by atoms with Crippen molar-refractivity contribution in [2.45, 2.75) is 45.6 Å². The van der Waals surface area contributed by atoms with Crippen LogP contribution in [0.3, 0.4) is 0 Å². The fourth-order valence-corrected chi connectivity index (χ4v) is 2.33. The van der Waals surface area contributed by atoms with E-state index in [4.69, 9.17) is 9.57 Å². The second kappa shape index (κ2) is 13.5. The van der Waals surface area contributed by atoms with Crippen molar-refractivity contribution in [3.8, 4) is 0 Å². The molecular formula is C20H28N4O2. The Morgan fingerprint density at radius 3 is 2.88 bits per heavy atom. The third-order valence-corrected chi connectivity index (χ3v) is 3.57. The van der Waals surface area contributed by atoms with Gasteiger partial charge in [0.15, 0.2) is 0 Å². The van der Waals surface area contributed by atoms with Crippen molar-refractivity contribution in [2.24, 2.45) is 15.4 Å². The van der Waals surface area contributed by atoms with Gasteiger partial charge in [0.1, 0.15) is 12.9 Å². The van der Waals surface area contributed by atoms with E-state index >= 15 is 0 Å². The Kier molecular flexibility index (Phi) is 11.1. The quantitative estimate of drug-likeness (QED) is 0.242. The maximum absolute atomic E-state index is 6.13. The molecule has 0 saturated heterocycles. The number of aromatic nitrogens is 1. The first-order chi connectivity index (χ1) is 12.7. The van der Waals surface area contributed by atoms with Gasteiger partial charge in [-0.25, -0.2) is 0 Å². The lowest BCUT2D eigenvalue weighted by molar-refractivity contribution is 0.111. The van der Waals surface area contributed by atoms with E-state index in [9.17, 15) is 0 Å². The van der Waals surface area contributed by atoms with E-state index < -0.39 is 0 Å². The summed E-state index contributed by atoms with van der Waals surface area (Å²) in [5.41, 5.74) is 1.95. The van der Waals surface area contributed by atoms with Gasteiger partial charge in [0.25, 0.3) is 0 Å². The monoisotopic (exact) mass is 356 g/mol. The highest BCUT2D eigenvalue weighted by Gasteiger charge is 2.11. The van der Waals surface area contributed by atoms with Gasteiger partial charge in [-0.3, -0.25) is 4.98 Å². The molecule has 1 aromatic rings. The van der Waals surface area contributed by atoms with Crippen LogP contribution in [-0.4, -0.2) is 37.3 Å². The molecule has 26 heavy (non-hydrogen) atoms. The van der Waals surface area contributed by atoms with Gasteiger partial charge in [-0.15, -0.1) is 0 Å². The molecule has 1 unspecified atom stereocenters. The minimum atomic E-state index is 0.0618. The van der Waals surface area contributed by atoms with Crippen LogP contribution in [0.5, 0.6) is 0 Å². The SMILES string of the molecule is C=N/N=C\CCC(CCc1cc(/C=N/OC)ccn1)OC(/C=C\C)=C/C. The van der Waals surface area contributed by atoms with Crippen LogP contribution >= 0.6 is 0 Å². The summed E-state index contributed by atoms with van der Waals surface area (Å²) < 4.78 is 6.13. The fourth-order valence-electron chi connectivity index (χ4n) is 2.33. The van der Waals surface area contributed by atoms with Gasteiger partial charge in [0.05, 0.1) is 12.3 Å². The lowest BCUT2D eigenvalue weighted by Gasteiger charge is -2.19. The van der Waals surface area contributed by atoms with Gasteiger partial charge < -0.3 is 9.57 Å². The van der Waals surface area contributed by atoms with E-state index in [2.05, 4.69) is 27.1 Å². The topological polar surface area (TPSA) is 68.4 Å². The normalized spacial score (nSPS) is 13.6. The summed E-state index contributed by atoms with van der Waals surface area (Å²) >= 11 is 0. The molecule has 140 valence electrons. The summed E-state index contributed by atoms with van der Waals surface area (Å²) in [6, 6.07) is 3.90. The first-order valence-electron chi connectivity index (χ1n) is 8.68. The average molecular weight is 356 g/mol. The fraction of sp³-hybridized carbons (Fsp3) is 0.400. The third-order valence-electron chi connectivity index (χ3n) is 3.57. The van der Waals surface area contributed by atoms with Gasteiger partial charge in [-0.2, -0.15) is 10.2 Å². The molecule has 0 aromatic carbocycles. The summed E-state index contributed by atoms with van der Waals surface area (Å²) in [4.78, 5) is 9.15. The van der Waals surface area contributed by atoms with Gasteiger partial charge >= 0.3 is 0 Å². The minimum Gasteiger partial charge on any atom is -0.491 e. The van der Waals surface area contributed by atoms with E-state index in [-0.39, 0.29) is 6.10 Å². The Labute approximate surface area is 156 Å². The lowest BCUT2D eigenvalue weighted by Crippen LogP contribution is -2.14. The lowest BCUT2D eigenvalue weighted by atomic mass is 10.1. The average Bonchev–Trinajstić information content (AvgIpc) is 2.67. The van der Waals surface area contributed by atoms with Gasteiger partial charge in [0.2, 0.25) is 0 Å². The molecule has 1 atom stereocenters. The first kappa shape index (κ1) is 21.3. The number of hydrogen-bond donors (Lipinski definition) is 0. The van der Waals surface area contributed by atoms with Crippen molar-refractivity contribution in [2.75, 3.05) is 7.11 Å². The predicted molar refractivity (Wildman–Crippen MR) is 108 cm³/mol. The van der Waals surface area contributed by atoms with Crippen LogP contribution in [0.4, 0.5) is 0 Å². The molecule has 1 heterocycles. The molecule has 6 heteroatoms. The number of rotatable bonds is 12. The summed E-state index contributed by atoms with van der Waals surface area (Å²) in [6.07, 6.45) is 14.5. The number of nitrogens with zero attached hydrogens (tertiary/aromatic N) is 4. The maximum atomic E-state index is 6.13. The van der Waals surface area contributed by atoms with Crippen LogP contribution in [0.15, 0.2) is 57.7 Å². The Bertz CT molecular complexity index is 651. The molecule has 1 rings (SSSR count). The molecule has 6 nitrogen and oxygen atoms in total. The molecule has 0 aliphatic carbocycles. The van der Waals surface area contributed by atoms with Crippen molar-refractivity contribution in [3.63, 3.8) is 0 Å². The molecule has 0 saturated carbocycles. The molecule has 0 N–H and O–H groups in total. The molecule has 0 amide bonds. The van der Waals surface area contributed by atoms with E-state index in [0.29, 0.717) is 0 Å². The van der Waals surface area contributed by atoms with Crippen LogP contribution in [0, 0.1) is 0 Å². The van der Waals surface area contributed by atoms with Crippen LogP contribution in [0.25, 0.3) is 0 Å². The Morgan fingerprint density at radius 2 is 2.19 bits per heavy atom. The molecule has 0 spiro atoms. The summed E-state index contributed by atoms with van der Waals surface area (Å²) in [6.45, 7) is 7.28. The molecule has 0 aliphatic rings. The van der Waals surface area contributed by atoms with Crippen molar-refractivity contribution in [3.05, 3.63) is 53.6 Å². The summed E-state index contributed by atoms with van der Waals surface area (Å²) in [5.74, 6) is 0.866. The standard InChI is InChI=1S/C20H28N4O2/c1-5-8-19(6-2)26-20(9-7-13-23-21-3)11-10-18-15-17(12-14-22-18)16-24-25-4/h5-6,8,12-16,20H,3,7,9-11H2,1-2,4H3/b8-5-,19-6+,23-13-,24-16+. The second-order valence-corrected chi connectivity index (χ2v) is 5.48. The van der Waals surface area contributed by atoms with Crippen LogP contribution in [-0.2, 0) is 16.0 Å². The number of oxime groups is 1. The Morgan fingerprint density at radius 1 is 1.35 bits per heavy atom. The number of pyridine rings is 1. The van der Waals surface area contributed by atoms with Crippen LogP contribution in [0.1, 0.15) is 44.4 Å². The first-order valence-corrected chi connectivity index (χ1v) is 8.68. The van der Waals surface area contributed by atoms with Gasteiger partial charge in [0, 0.05) is 24.8 Å². The molecule has 0 aliphatic heterocycles. The van der Waals surface area contributed by atoms with Crippen LogP contribution < -0.4 is 0 Å². The minimum absolute atomic E-state index is 0.0618. The van der Waals surface area contributed by atoms with E-state index in [0.717, 1.165) is 42.7 Å². The zero-order valence-electron chi connectivity index (χ0n) is 15.8. The molecular weight excluding hydrogens is 328 g/mol. The smallest absolute Gasteiger partial charge is 0.115 e. The van der Waals surface area contributed by atoms with Crippen molar-refractivity contribution in [1.82, 2.24) is 4.98 Å². The number of aryl methyl sites for hydroxylation is 1. The van der Waals surface area contributed by atoms with Gasteiger partial charge in [-0.1, -0.05) is 11.2 Å². The predicted octanol–water partition coefficient (Wildman–Crippen LogP) is 4.33. The summed E-state index contributed by atoms with van der Waals surface area (Å²) in [7, 11) is 1.52. The number of ether oxygens (including phenoxy) is 1. The Hall–Kier alpha value is -2.76. The van der Waals surface area contributed by atoms with Crippen molar-refractivity contribution >= 4 is 19.1 Å². The number of hydrogen-bond acceptors (Lipinski definition) is 6. The second-order valence-electron chi connectivity index (χ2n) is 5.48. The zero-order chi connectivity index (χ0) is 19.0. The van der Waals surface area contributed by atoms with Crippen LogP contribution in [0.2, 0.25) is 0 Å². The highest BCUT2D eigenvalue weighted by Crippen LogP contribution is 2.16. The Balaban J connectivity index is 2.72.